The van der Waals surface area contributed by atoms with Crippen molar-refractivity contribution >= 4 is 16.0 Å². The van der Waals surface area contributed by atoms with E-state index in [0.717, 1.165) is 19.4 Å². The van der Waals surface area contributed by atoms with Crippen LogP contribution in [0.25, 0.3) is 0 Å². The van der Waals surface area contributed by atoms with Gasteiger partial charge in [0.2, 0.25) is 10.0 Å². The number of nitrogens with one attached hydrogen (secondary N) is 1. The van der Waals surface area contributed by atoms with Gasteiger partial charge in [0.15, 0.2) is 0 Å². The van der Waals surface area contributed by atoms with Crippen molar-refractivity contribution in [3.63, 3.8) is 0 Å². The molecular formula is C16H24N2O5S. The van der Waals surface area contributed by atoms with Crippen LogP contribution in [-0.2, 0) is 14.8 Å². The molecule has 8 heteroatoms. The van der Waals surface area contributed by atoms with Crippen molar-refractivity contribution in [2.45, 2.75) is 17.7 Å². The molecule has 0 aliphatic carbocycles. The Labute approximate surface area is 143 Å². The molecule has 1 atom stereocenters. The normalized spacial score (nSPS) is 19.0. The second-order valence-electron chi connectivity index (χ2n) is 5.78. The van der Waals surface area contributed by atoms with E-state index in [4.69, 9.17) is 9.47 Å². The topological polar surface area (TPSA) is 84.9 Å². The number of hydrogen-bond acceptors (Lipinski definition) is 6. The number of nitrogens with zero attached hydrogens (tertiary/aromatic N) is 1. The minimum absolute atomic E-state index is 0.0776. The highest BCUT2D eigenvalue weighted by Gasteiger charge is 2.31. The van der Waals surface area contributed by atoms with Crippen molar-refractivity contribution in [2.75, 3.05) is 40.9 Å². The third-order valence-corrected chi connectivity index (χ3v) is 6.05. The molecule has 2 rings (SSSR count). The molecule has 1 aromatic carbocycles. The molecule has 1 unspecified atom stereocenters. The van der Waals surface area contributed by atoms with Gasteiger partial charge in [0, 0.05) is 13.1 Å². The van der Waals surface area contributed by atoms with Crippen molar-refractivity contribution in [1.82, 2.24) is 9.62 Å². The molecule has 0 radical (unpaired) electrons. The highest BCUT2D eigenvalue weighted by atomic mass is 32.2. The fourth-order valence-corrected chi connectivity index (χ4v) is 4.55. The number of methoxy groups -OCH3 is 2. The van der Waals surface area contributed by atoms with Crippen LogP contribution >= 0.6 is 0 Å². The first-order valence-corrected chi connectivity index (χ1v) is 9.29. The molecule has 0 spiro atoms. The van der Waals surface area contributed by atoms with Gasteiger partial charge >= 0.3 is 5.97 Å². The van der Waals surface area contributed by atoms with E-state index in [2.05, 4.69) is 5.32 Å². The largest absolute Gasteiger partial charge is 0.496 e. The lowest BCUT2D eigenvalue weighted by molar-refractivity contribution is 0.0596. The predicted octanol–water partition coefficient (Wildman–Crippen LogP) is 1.10. The molecule has 0 saturated carbocycles. The number of hydrogen-bond donors (Lipinski definition) is 1. The van der Waals surface area contributed by atoms with Crippen molar-refractivity contribution in [2.24, 2.45) is 5.92 Å². The highest BCUT2D eigenvalue weighted by Crippen LogP contribution is 2.27. The Bertz CT molecular complexity index is 688. The maximum atomic E-state index is 12.9. The molecule has 1 N–H and O–H groups in total. The highest BCUT2D eigenvalue weighted by molar-refractivity contribution is 7.89. The Morgan fingerprint density at radius 1 is 1.38 bits per heavy atom. The number of sulfonamides is 1. The Balaban J connectivity index is 2.33. The molecule has 0 aromatic heterocycles. The molecular weight excluding hydrogens is 332 g/mol. The van der Waals surface area contributed by atoms with E-state index in [-0.39, 0.29) is 22.1 Å². The number of carbonyl (C=O) groups is 1. The van der Waals surface area contributed by atoms with Gasteiger partial charge in [-0.15, -0.1) is 0 Å². The first-order chi connectivity index (χ1) is 11.4. The number of carbonyl (C=O) groups excluding carboxylic acids is 1. The van der Waals surface area contributed by atoms with Crippen molar-refractivity contribution in [1.29, 1.82) is 0 Å². The zero-order valence-corrected chi connectivity index (χ0v) is 15.1. The van der Waals surface area contributed by atoms with Crippen molar-refractivity contribution in [3.8, 4) is 5.75 Å². The molecule has 0 amide bonds. The lowest BCUT2D eigenvalue weighted by Crippen LogP contribution is -2.42. The number of ether oxygens (including phenoxy) is 2. The van der Waals surface area contributed by atoms with Gasteiger partial charge in [-0.1, -0.05) is 0 Å². The van der Waals surface area contributed by atoms with Gasteiger partial charge in [-0.05, 0) is 50.6 Å². The summed E-state index contributed by atoms with van der Waals surface area (Å²) in [4.78, 5) is 11.9. The van der Waals surface area contributed by atoms with E-state index in [1.807, 2.05) is 7.05 Å². The van der Waals surface area contributed by atoms with E-state index in [1.54, 1.807) is 0 Å². The molecule has 24 heavy (non-hydrogen) atoms. The summed E-state index contributed by atoms with van der Waals surface area (Å²) in [6.45, 7) is 1.74. The quantitative estimate of drug-likeness (QED) is 0.769. The standard InChI is InChI=1S/C16H24N2O5S/c1-17-10-12-5-4-8-18(11-12)24(20,21)13-6-7-15(22-2)14(9-13)16(19)23-3/h6-7,9,12,17H,4-5,8,10-11H2,1-3H3. The van der Waals surface area contributed by atoms with E-state index in [0.29, 0.717) is 13.1 Å². The number of benzene rings is 1. The lowest BCUT2D eigenvalue weighted by Gasteiger charge is -2.32. The fourth-order valence-electron chi connectivity index (χ4n) is 2.97. The van der Waals surface area contributed by atoms with Gasteiger partial charge in [-0.2, -0.15) is 4.31 Å². The molecule has 1 aliphatic rings. The van der Waals surface area contributed by atoms with Gasteiger partial charge in [-0.25, -0.2) is 13.2 Å². The monoisotopic (exact) mass is 356 g/mol. The summed E-state index contributed by atoms with van der Waals surface area (Å²) < 4.78 is 37.1. The summed E-state index contributed by atoms with van der Waals surface area (Å²) in [5.74, 6) is -0.0556. The smallest absolute Gasteiger partial charge is 0.341 e. The molecule has 1 saturated heterocycles. The fraction of sp³-hybridized carbons (Fsp3) is 0.562. The molecule has 1 heterocycles. The zero-order chi connectivity index (χ0) is 17.7. The zero-order valence-electron chi connectivity index (χ0n) is 14.2. The lowest BCUT2D eigenvalue weighted by atomic mass is 10.00. The Morgan fingerprint density at radius 3 is 2.75 bits per heavy atom. The summed E-state index contributed by atoms with van der Waals surface area (Å²) >= 11 is 0. The van der Waals surface area contributed by atoms with Crippen LogP contribution < -0.4 is 10.1 Å². The number of esters is 1. The molecule has 1 aliphatic heterocycles. The van der Waals surface area contributed by atoms with Gasteiger partial charge in [0.25, 0.3) is 0 Å². The van der Waals surface area contributed by atoms with E-state index < -0.39 is 16.0 Å². The van der Waals surface area contributed by atoms with Crippen LogP contribution in [0.15, 0.2) is 23.1 Å². The van der Waals surface area contributed by atoms with Crippen LogP contribution in [0, 0.1) is 5.92 Å². The average molecular weight is 356 g/mol. The van der Waals surface area contributed by atoms with Gasteiger partial charge < -0.3 is 14.8 Å². The van der Waals surface area contributed by atoms with Crippen LogP contribution in [0.4, 0.5) is 0 Å². The van der Waals surface area contributed by atoms with Gasteiger partial charge in [0.1, 0.15) is 11.3 Å². The summed E-state index contributed by atoms with van der Waals surface area (Å²) in [5.41, 5.74) is 0.102. The van der Waals surface area contributed by atoms with Gasteiger partial charge in [0.05, 0.1) is 19.1 Å². The predicted molar refractivity (Wildman–Crippen MR) is 89.7 cm³/mol. The van der Waals surface area contributed by atoms with E-state index in [9.17, 15) is 13.2 Å². The Morgan fingerprint density at radius 2 is 2.12 bits per heavy atom. The maximum Gasteiger partial charge on any atom is 0.341 e. The van der Waals surface area contributed by atoms with Crippen molar-refractivity contribution < 1.29 is 22.7 Å². The summed E-state index contributed by atoms with van der Waals surface area (Å²) in [6.07, 6.45) is 1.83. The van der Waals surface area contributed by atoms with Gasteiger partial charge in [-0.3, -0.25) is 0 Å². The maximum absolute atomic E-state index is 12.9. The van der Waals surface area contributed by atoms with Crippen LogP contribution in [-0.4, -0.2) is 59.6 Å². The average Bonchev–Trinajstić information content (AvgIpc) is 2.61. The molecule has 1 aromatic rings. The van der Waals surface area contributed by atoms with Crippen molar-refractivity contribution in [3.05, 3.63) is 23.8 Å². The van der Waals surface area contributed by atoms with Crippen LogP contribution in [0.3, 0.4) is 0 Å². The Hall–Kier alpha value is -1.64. The molecule has 0 bridgehead atoms. The van der Waals surface area contributed by atoms with Crippen LogP contribution in [0.2, 0.25) is 0 Å². The summed E-state index contributed by atoms with van der Waals surface area (Å²) in [7, 11) is 0.866. The van der Waals surface area contributed by atoms with E-state index in [1.165, 1.54) is 36.7 Å². The minimum atomic E-state index is -3.66. The number of rotatable bonds is 6. The van der Waals surface area contributed by atoms with Crippen LogP contribution in [0.1, 0.15) is 23.2 Å². The second-order valence-corrected chi connectivity index (χ2v) is 7.72. The molecule has 7 nitrogen and oxygen atoms in total. The number of piperidine rings is 1. The molecule has 1 fully saturated rings. The van der Waals surface area contributed by atoms with Crippen LogP contribution in [0.5, 0.6) is 5.75 Å². The third kappa shape index (κ3) is 3.88. The third-order valence-electron chi connectivity index (χ3n) is 4.19. The molecule has 134 valence electrons. The van der Waals surface area contributed by atoms with E-state index >= 15 is 0 Å². The SMILES string of the molecule is CNCC1CCCN(S(=O)(=O)c2ccc(OC)c(C(=O)OC)c2)C1. The Kier molecular flexibility index (Phi) is 6.20. The first kappa shape index (κ1) is 18.7. The summed E-state index contributed by atoms with van der Waals surface area (Å²) in [6, 6.07) is 4.26. The minimum Gasteiger partial charge on any atom is -0.496 e. The first-order valence-electron chi connectivity index (χ1n) is 7.85. The summed E-state index contributed by atoms with van der Waals surface area (Å²) in [5, 5.41) is 3.10. The second kappa shape index (κ2) is 7.96.